The summed E-state index contributed by atoms with van der Waals surface area (Å²) in [5.74, 6) is -0.577. The van der Waals surface area contributed by atoms with Gasteiger partial charge in [0, 0.05) is 0 Å². The van der Waals surface area contributed by atoms with Crippen molar-refractivity contribution >= 4 is 21.7 Å². The van der Waals surface area contributed by atoms with E-state index in [9.17, 15) is 13.2 Å². The molecule has 0 heterocycles. The molecule has 0 saturated carbocycles. The minimum atomic E-state index is -3.59. The first-order valence-corrected chi connectivity index (χ1v) is 10.5. The number of nitrogens with one attached hydrogen (secondary N) is 1. The number of benzene rings is 2. The molecule has 0 fully saturated rings. The molecular weight excluding hydrogens is 378 g/mol. The minimum Gasteiger partial charge on any atom is -0.487 e. The fourth-order valence-corrected chi connectivity index (χ4v) is 4.14. The Balaban J connectivity index is 2.20. The van der Waals surface area contributed by atoms with Gasteiger partial charge in [0.25, 0.3) is 0 Å². The van der Waals surface area contributed by atoms with Gasteiger partial charge in [-0.15, -0.1) is 6.58 Å². The van der Waals surface area contributed by atoms with E-state index in [2.05, 4.69) is 11.3 Å². The third-order valence-electron chi connectivity index (χ3n) is 4.31. The number of aryl methyl sites for hydroxylation is 1. The van der Waals surface area contributed by atoms with Crippen molar-refractivity contribution in [3.05, 3.63) is 71.8 Å². The van der Waals surface area contributed by atoms with Crippen LogP contribution in [-0.4, -0.2) is 24.7 Å². The molecular formula is C21H25NO5S. The first-order valence-electron chi connectivity index (χ1n) is 8.95. The SMILES string of the molecule is C=CCC(CC)S(=O)(=O)Nc1ccc(C)cc1OCc1ccc(C(=O)O)cc1. The zero-order chi connectivity index (χ0) is 20.7. The zero-order valence-electron chi connectivity index (χ0n) is 16.0. The lowest BCUT2D eigenvalue weighted by atomic mass is 10.1. The number of aromatic carboxylic acids is 1. The largest absolute Gasteiger partial charge is 0.487 e. The molecule has 0 spiro atoms. The van der Waals surface area contributed by atoms with Crippen molar-refractivity contribution in [1.82, 2.24) is 0 Å². The second-order valence-electron chi connectivity index (χ2n) is 6.49. The highest BCUT2D eigenvalue weighted by Crippen LogP contribution is 2.29. The number of carboxylic acids is 1. The highest BCUT2D eigenvalue weighted by Gasteiger charge is 2.23. The molecule has 0 aromatic heterocycles. The summed E-state index contributed by atoms with van der Waals surface area (Å²) >= 11 is 0. The van der Waals surface area contributed by atoms with E-state index in [-0.39, 0.29) is 12.2 Å². The van der Waals surface area contributed by atoms with E-state index in [1.807, 2.05) is 13.8 Å². The standard InChI is InChI=1S/C21H25NO5S/c1-4-6-18(5-2)28(25,26)22-19-12-7-15(3)13-20(19)27-14-16-8-10-17(11-9-16)21(23)24/h4,7-13,18,22H,1,5-6,14H2,2-3H3,(H,23,24). The maximum absolute atomic E-state index is 12.7. The van der Waals surface area contributed by atoms with Crippen LogP contribution in [0.15, 0.2) is 55.1 Å². The Labute approximate surface area is 165 Å². The number of rotatable bonds is 10. The highest BCUT2D eigenvalue weighted by molar-refractivity contribution is 7.93. The van der Waals surface area contributed by atoms with E-state index in [4.69, 9.17) is 9.84 Å². The van der Waals surface area contributed by atoms with E-state index in [1.54, 1.807) is 36.4 Å². The van der Waals surface area contributed by atoms with Crippen LogP contribution in [0.2, 0.25) is 0 Å². The van der Waals surface area contributed by atoms with Crippen molar-refractivity contribution in [2.45, 2.75) is 38.5 Å². The predicted octanol–water partition coefficient (Wildman–Crippen LogP) is 4.37. The molecule has 0 amide bonds. The van der Waals surface area contributed by atoms with Gasteiger partial charge in [0.1, 0.15) is 12.4 Å². The number of hydrogen-bond acceptors (Lipinski definition) is 4. The molecule has 7 heteroatoms. The summed E-state index contributed by atoms with van der Waals surface area (Å²) in [5.41, 5.74) is 2.27. The van der Waals surface area contributed by atoms with Gasteiger partial charge in [-0.3, -0.25) is 4.72 Å². The van der Waals surface area contributed by atoms with Gasteiger partial charge in [0.15, 0.2) is 0 Å². The van der Waals surface area contributed by atoms with E-state index >= 15 is 0 Å². The number of anilines is 1. The second-order valence-corrected chi connectivity index (χ2v) is 8.45. The lowest BCUT2D eigenvalue weighted by Crippen LogP contribution is -2.27. The first-order chi connectivity index (χ1) is 13.3. The quantitative estimate of drug-likeness (QED) is 0.575. The van der Waals surface area contributed by atoms with Gasteiger partial charge in [-0.05, 0) is 55.2 Å². The zero-order valence-corrected chi connectivity index (χ0v) is 16.8. The molecule has 0 radical (unpaired) electrons. The summed E-state index contributed by atoms with van der Waals surface area (Å²) in [6.07, 6.45) is 2.43. The average Bonchev–Trinajstić information content (AvgIpc) is 2.66. The van der Waals surface area contributed by atoms with Crippen LogP contribution < -0.4 is 9.46 Å². The fraction of sp³-hybridized carbons (Fsp3) is 0.286. The van der Waals surface area contributed by atoms with E-state index < -0.39 is 21.2 Å². The fourth-order valence-electron chi connectivity index (χ4n) is 2.67. The van der Waals surface area contributed by atoms with Crippen molar-refractivity contribution in [3.8, 4) is 5.75 Å². The normalized spacial score (nSPS) is 12.2. The van der Waals surface area contributed by atoms with Gasteiger partial charge < -0.3 is 9.84 Å². The third kappa shape index (κ3) is 5.60. The van der Waals surface area contributed by atoms with Gasteiger partial charge in [-0.2, -0.15) is 0 Å². The topological polar surface area (TPSA) is 92.7 Å². The molecule has 2 aromatic carbocycles. The monoisotopic (exact) mass is 403 g/mol. The third-order valence-corrected chi connectivity index (χ3v) is 6.22. The summed E-state index contributed by atoms with van der Waals surface area (Å²) in [7, 11) is -3.59. The predicted molar refractivity (Wildman–Crippen MR) is 110 cm³/mol. The molecule has 28 heavy (non-hydrogen) atoms. The lowest BCUT2D eigenvalue weighted by molar-refractivity contribution is 0.0697. The number of carboxylic acid groups (broad SMARTS) is 1. The lowest BCUT2D eigenvalue weighted by Gasteiger charge is -2.18. The van der Waals surface area contributed by atoms with Crippen LogP contribution in [0.1, 0.15) is 41.3 Å². The number of allylic oxidation sites excluding steroid dienone is 1. The Kier molecular flexibility index (Phi) is 7.23. The van der Waals surface area contributed by atoms with Gasteiger partial charge in [-0.1, -0.05) is 31.2 Å². The smallest absolute Gasteiger partial charge is 0.335 e. The Bertz CT molecular complexity index is 936. The van der Waals surface area contributed by atoms with E-state index in [1.165, 1.54) is 12.1 Å². The van der Waals surface area contributed by atoms with Crippen LogP contribution in [-0.2, 0) is 16.6 Å². The Morgan fingerprint density at radius 3 is 2.50 bits per heavy atom. The Morgan fingerprint density at radius 2 is 1.93 bits per heavy atom. The van der Waals surface area contributed by atoms with E-state index in [0.29, 0.717) is 24.3 Å². The van der Waals surface area contributed by atoms with Gasteiger partial charge in [0.2, 0.25) is 10.0 Å². The van der Waals surface area contributed by atoms with Gasteiger partial charge >= 0.3 is 5.97 Å². The molecule has 1 unspecified atom stereocenters. The molecule has 2 rings (SSSR count). The summed E-state index contributed by atoms with van der Waals surface area (Å²) in [5, 5.41) is 8.39. The van der Waals surface area contributed by atoms with Crippen molar-refractivity contribution in [3.63, 3.8) is 0 Å². The summed E-state index contributed by atoms with van der Waals surface area (Å²) in [4.78, 5) is 10.9. The van der Waals surface area contributed by atoms with Crippen LogP contribution in [0.4, 0.5) is 5.69 Å². The summed E-state index contributed by atoms with van der Waals surface area (Å²) in [6.45, 7) is 7.52. The highest BCUT2D eigenvalue weighted by atomic mass is 32.2. The Hall–Kier alpha value is -2.80. The van der Waals surface area contributed by atoms with Crippen LogP contribution in [0.3, 0.4) is 0 Å². The van der Waals surface area contributed by atoms with E-state index in [0.717, 1.165) is 11.1 Å². The molecule has 0 aliphatic carbocycles. The maximum atomic E-state index is 12.7. The van der Waals surface area contributed by atoms with Crippen LogP contribution in [0.25, 0.3) is 0 Å². The van der Waals surface area contributed by atoms with Crippen LogP contribution in [0, 0.1) is 6.92 Å². The van der Waals surface area contributed by atoms with Crippen molar-refractivity contribution in [1.29, 1.82) is 0 Å². The molecule has 6 nitrogen and oxygen atoms in total. The summed E-state index contributed by atoms with van der Waals surface area (Å²) in [6, 6.07) is 11.6. The summed E-state index contributed by atoms with van der Waals surface area (Å²) < 4.78 is 33.8. The average molecular weight is 404 g/mol. The first kappa shape index (κ1) is 21.5. The van der Waals surface area contributed by atoms with Crippen molar-refractivity contribution in [2.75, 3.05) is 4.72 Å². The van der Waals surface area contributed by atoms with Crippen LogP contribution in [0.5, 0.6) is 5.75 Å². The van der Waals surface area contributed by atoms with Crippen molar-refractivity contribution in [2.24, 2.45) is 0 Å². The molecule has 0 saturated heterocycles. The van der Waals surface area contributed by atoms with Gasteiger partial charge in [0.05, 0.1) is 16.5 Å². The minimum absolute atomic E-state index is 0.182. The molecule has 2 N–H and O–H groups in total. The molecule has 0 bridgehead atoms. The number of hydrogen-bond donors (Lipinski definition) is 2. The Morgan fingerprint density at radius 1 is 1.25 bits per heavy atom. The molecule has 1 atom stereocenters. The van der Waals surface area contributed by atoms with Crippen LogP contribution >= 0.6 is 0 Å². The maximum Gasteiger partial charge on any atom is 0.335 e. The number of sulfonamides is 1. The second kappa shape index (κ2) is 9.41. The molecule has 150 valence electrons. The van der Waals surface area contributed by atoms with Gasteiger partial charge in [-0.25, -0.2) is 13.2 Å². The number of ether oxygens (including phenoxy) is 1. The molecule has 0 aliphatic rings. The molecule has 2 aromatic rings. The molecule has 0 aliphatic heterocycles. The number of carbonyl (C=O) groups is 1. The van der Waals surface area contributed by atoms with Crippen molar-refractivity contribution < 1.29 is 23.1 Å².